The summed E-state index contributed by atoms with van der Waals surface area (Å²) in [5.74, 6) is -1.16. The standard InChI is InChI=1S/C10H12FNO3S/c1-2-16(14,15)7-10(12-13)8-5-3-4-6-9(8)11/h3-6,13H,2,7H2,1H3. The van der Waals surface area contributed by atoms with E-state index in [1.54, 1.807) is 6.07 Å². The van der Waals surface area contributed by atoms with Gasteiger partial charge in [-0.05, 0) is 6.07 Å². The minimum atomic E-state index is -3.35. The molecule has 1 rings (SSSR count). The molecule has 88 valence electrons. The van der Waals surface area contributed by atoms with Crippen LogP contribution in [0.5, 0.6) is 0 Å². The first-order chi connectivity index (χ1) is 7.50. The Kier molecular flexibility index (Phi) is 4.00. The third-order valence-electron chi connectivity index (χ3n) is 2.10. The van der Waals surface area contributed by atoms with E-state index in [2.05, 4.69) is 5.16 Å². The monoisotopic (exact) mass is 245 g/mol. The predicted molar refractivity (Wildman–Crippen MR) is 59.1 cm³/mol. The summed E-state index contributed by atoms with van der Waals surface area (Å²) in [6.07, 6.45) is 0. The van der Waals surface area contributed by atoms with Gasteiger partial charge in [-0.2, -0.15) is 0 Å². The zero-order valence-corrected chi connectivity index (χ0v) is 9.54. The third kappa shape index (κ3) is 3.03. The van der Waals surface area contributed by atoms with Crippen LogP contribution < -0.4 is 0 Å². The Balaban J connectivity index is 3.07. The van der Waals surface area contributed by atoms with Gasteiger partial charge >= 0.3 is 0 Å². The molecule has 0 unspecified atom stereocenters. The lowest BCUT2D eigenvalue weighted by Gasteiger charge is -2.05. The van der Waals surface area contributed by atoms with Crippen molar-refractivity contribution in [1.82, 2.24) is 0 Å². The molecule has 0 saturated carbocycles. The highest BCUT2D eigenvalue weighted by atomic mass is 32.2. The lowest BCUT2D eigenvalue weighted by Crippen LogP contribution is -2.19. The maximum Gasteiger partial charge on any atom is 0.155 e. The number of hydrogen-bond donors (Lipinski definition) is 1. The summed E-state index contributed by atoms with van der Waals surface area (Å²) < 4.78 is 36.0. The molecule has 0 spiro atoms. The van der Waals surface area contributed by atoms with Gasteiger partial charge in [-0.15, -0.1) is 0 Å². The van der Waals surface area contributed by atoms with Crippen molar-refractivity contribution in [3.05, 3.63) is 35.6 Å². The van der Waals surface area contributed by atoms with E-state index < -0.39 is 21.4 Å². The van der Waals surface area contributed by atoms with Crippen LogP contribution in [0.25, 0.3) is 0 Å². The third-order valence-corrected chi connectivity index (χ3v) is 3.69. The zero-order valence-electron chi connectivity index (χ0n) is 8.72. The van der Waals surface area contributed by atoms with Crippen LogP contribution in [0, 0.1) is 5.82 Å². The summed E-state index contributed by atoms with van der Waals surface area (Å²) in [5, 5.41) is 11.6. The maximum atomic E-state index is 13.3. The topological polar surface area (TPSA) is 66.7 Å². The van der Waals surface area contributed by atoms with Crippen molar-refractivity contribution in [3.63, 3.8) is 0 Å². The van der Waals surface area contributed by atoms with Crippen molar-refractivity contribution in [2.24, 2.45) is 5.16 Å². The van der Waals surface area contributed by atoms with Gasteiger partial charge < -0.3 is 5.21 Å². The molecular weight excluding hydrogens is 233 g/mol. The largest absolute Gasteiger partial charge is 0.411 e. The van der Waals surface area contributed by atoms with Gasteiger partial charge in [0.25, 0.3) is 0 Å². The average molecular weight is 245 g/mol. The Labute approximate surface area is 93.3 Å². The molecule has 1 N–H and O–H groups in total. The number of rotatable bonds is 4. The van der Waals surface area contributed by atoms with Gasteiger partial charge in [0.15, 0.2) is 9.84 Å². The van der Waals surface area contributed by atoms with Gasteiger partial charge in [0.05, 0.1) is 5.75 Å². The lowest BCUT2D eigenvalue weighted by molar-refractivity contribution is 0.319. The second-order valence-corrected chi connectivity index (χ2v) is 5.56. The molecule has 1 aromatic rings. The van der Waals surface area contributed by atoms with Crippen LogP contribution in [-0.4, -0.2) is 30.8 Å². The number of halogens is 1. The molecule has 0 heterocycles. The van der Waals surface area contributed by atoms with E-state index >= 15 is 0 Å². The molecule has 0 bridgehead atoms. The fourth-order valence-corrected chi connectivity index (χ4v) is 2.00. The van der Waals surface area contributed by atoms with Crippen molar-refractivity contribution < 1.29 is 18.0 Å². The first-order valence-corrected chi connectivity index (χ1v) is 6.48. The quantitative estimate of drug-likeness (QED) is 0.496. The Hall–Kier alpha value is -1.43. The molecule has 0 atom stereocenters. The first-order valence-electron chi connectivity index (χ1n) is 4.66. The van der Waals surface area contributed by atoms with Crippen LogP contribution in [0.4, 0.5) is 4.39 Å². The summed E-state index contributed by atoms with van der Waals surface area (Å²) in [5.41, 5.74) is -0.179. The molecule has 0 fully saturated rings. The highest BCUT2D eigenvalue weighted by molar-refractivity contribution is 7.92. The number of benzene rings is 1. The normalized spacial score (nSPS) is 12.8. The van der Waals surface area contributed by atoms with Crippen molar-refractivity contribution in [1.29, 1.82) is 0 Å². The number of oxime groups is 1. The fraction of sp³-hybridized carbons (Fsp3) is 0.300. The Morgan fingerprint density at radius 2 is 2.06 bits per heavy atom. The molecular formula is C10H12FNO3S. The summed E-state index contributed by atoms with van der Waals surface area (Å²) in [6.45, 7) is 1.48. The van der Waals surface area contributed by atoms with Gasteiger partial charge in [0, 0.05) is 11.3 Å². The number of sulfone groups is 1. The molecule has 4 nitrogen and oxygen atoms in total. The molecule has 0 aliphatic rings. The van der Waals surface area contributed by atoms with Crippen LogP contribution in [0.2, 0.25) is 0 Å². The van der Waals surface area contributed by atoms with E-state index in [1.807, 2.05) is 0 Å². The summed E-state index contributed by atoms with van der Waals surface area (Å²) >= 11 is 0. The van der Waals surface area contributed by atoms with Crippen LogP contribution in [0.1, 0.15) is 12.5 Å². The van der Waals surface area contributed by atoms with Gasteiger partial charge in [0.1, 0.15) is 11.5 Å². The van der Waals surface area contributed by atoms with Crippen molar-refractivity contribution in [3.8, 4) is 0 Å². The Morgan fingerprint density at radius 3 is 2.56 bits per heavy atom. The summed E-state index contributed by atoms with van der Waals surface area (Å²) in [4.78, 5) is 0. The number of hydrogen-bond acceptors (Lipinski definition) is 4. The smallest absolute Gasteiger partial charge is 0.155 e. The second-order valence-electron chi connectivity index (χ2n) is 3.20. The van der Waals surface area contributed by atoms with Crippen molar-refractivity contribution in [2.75, 3.05) is 11.5 Å². The van der Waals surface area contributed by atoms with E-state index in [-0.39, 0.29) is 17.0 Å². The number of nitrogens with zero attached hydrogens (tertiary/aromatic N) is 1. The molecule has 0 saturated heterocycles. The van der Waals surface area contributed by atoms with E-state index in [4.69, 9.17) is 5.21 Å². The summed E-state index contributed by atoms with van der Waals surface area (Å²) in [6, 6.07) is 5.57. The Morgan fingerprint density at radius 1 is 1.44 bits per heavy atom. The van der Waals surface area contributed by atoms with Gasteiger partial charge in [0.2, 0.25) is 0 Å². The predicted octanol–water partition coefficient (Wildman–Crippen LogP) is 1.44. The van der Waals surface area contributed by atoms with Gasteiger partial charge in [-0.1, -0.05) is 30.3 Å². The fourth-order valence-electron chi connectivity index (χ4n) is 1.17. The second kappa shape index (κ2) is 5.07. The van der Waals surface area contributed by atoms with Crippen LogP contribution in [0.15, 0.2) is 29.4 Å². The molecule has 0 radical (unpaired) electrons. The molecule has 1 aromatic carbocycles. The lowest BCUT2D eigenvalue weighted by atomic mass is 10.1. The van der Waals surface area contributed by atoms with Crippen LogP contribution in [-0.2, 0) is 9.84 Å². The van der Waals surface area contributed by atoms with Crippen LogP contribution in [0.3, 0.4) is 0 Å². The SMILES string of the molecule is CCS(=O)(=O)CC(=NO)c1ccccc1F. The highest BCUT2D eigenvalue weighted by Crippen LogP contribution is 2.09. The van der Waals surface area contributed by atoms with Gasteiger partial charge in [-0.3, -0.25) is 0 Å². The average Bonchev–Trinajstić information content (AvgIpc) is 2.27. The zero-order chi connectivity index (χ0) is 12.2. The first kappa shape index (κ1) is 12.6. The summed E-state index contributed by atoms with van der Waals surface area (Å²) in [7, 11) is -3.35. The van der Waals surface area contributed by atoms with E-state index in [1.165, 1.54) is 25.1 Å². The molecule has 0 aliphatic heterocycles. The molecule has 16 heavy (non-hydrogen) atoms. The molecule has 0 aliphatic carbocycles. The van der Waals surface area contributed by atoms with E-state index in [0.29, 0.717) is 0 Å². The Bertz CT molecular complexity index is 497. The van der Waals surface area contributed by atoms with Gasteiger partial charge in [-0.25, -0.2) is 12.8 Å². The van der Waals surface area contributed by atoms with Crippen LogP contribution >= 0.6 is 0 Å². The van der Waals surface area contributed by atoms with E-state index in [9.17, 15) is 12.8 Å². The van der Waals surface area contributed by atoms with Crippen molar-refractivity contribution in [2.45, 2.75) is 6.92 Å². The molecule has 0 aromatic heterocycles. The highest BCUT2D eigenvalue weighted by Gasteiger charge is 2.17. The molecule has 0 amide bonds. The minimum absolute atomic E-state index is 0.00188. The van der Waals surface area contributed by atoms with Crippen molar-refractivity contribution >= 4 is 15.5 Å². The van der Waals surface area contributed by atoms with E-state index in [0.717, 1.165) is 0 Å². The molecule has 6 heteroatoms. The maximum absolute atomic E-state index is 13.3. The minimum Gasteiger partial charge on any atom is -0.411 e.